The third kappa shape index (κ3) is 6.48. The first-order valence-corrected chi connectivity index (χ1v) is 11.2. The highest BCUT2D eigenvalue weighted by molar-refractivity contribution is 6.31. The highest BCUT2D eigenvalue weighted by atomic mass is 35.5. The minimum Gasteiger partial charge on any atom is -0.490 e. The second kappa shape index (κ2) is 11.6. The van der Waals surface area contributed by atoms with Crippen LogP contribution in [-0.2, 0) is 17.9 Å². The summed E-state index contributed by atoms with van der Waals surface area (Å²) in [5, 5.41) is 4.19. The molecule has 0 bridgehead atoms. The van der Waals surface area contributed by atoms with Crippen LogP contribution in [0.5, 0.6) is 11.5 Å². The molecule has 1 heterocycles. The molecular formula is C23H27Cl2FN2O3. The Morgan fingerprint density at radius 2 is 1.97 bits per heavy atom. The number of nitrogens with zero attached hydrogens (tertiary/aromatic N) is 1. The number of ether oxygens (including phenoxy) is 2. The van der Waals surface area contributed by atoms with Crippen LogP contribution < -0.4 is 14.8 Å². The minimum atomic E-state index is -0.423. The van der Waals surface area contributed by atoms with Crippen LogP contribution in [0.1, 0.15) is 37.3 Å². The summed E-state index contributed by atoms with van der Waals surface area (Å²) in [7, 11) is 0. The molecule has 3 rings (SSSR count). The molecule has 0 atom stereocenters. The number of benzene rings is 2. The summed E-state index contributed by atoms with van der Waals surface area (Å²) in [6.07, 6.45) is 2.51. The van der Waals surface area contributed by atoms with Crippen LogP contribution in [0.25, 0.3) is 0 Å². The molecule has 2 aromatic carbocycles. The van der Waals surface area contributed by atoms with Crippen LogP contribution in [0.4, 0.5) is 4.39 Å². The first-order valence-electron chi connectivity index (χ1n) is 10.5. The molecular weight excluding hydrogens is 442 g/mol. The van der Waals surface area contributed by atoms with E-state index in [-0.39, 0.29) is 18.1 Å². The van der Waals surface area contributed by atoms with E-state index in [4.69, 9.17) is 32.7 Å². The van der Waals surface area contributed by atoms with Crippen molar-refractivity contribution in [2.24, 2.45) is 0 Å². The van der Waals surface area contributed by atoms with E-state index in [0.29, 0.717) is 41.1 Å². The molecule has 5 nitrogen and oxygen atoms in total. The number of nitrogens with one attached hydrogen (secondary N) is 1. The van der Waals surface area contributed by atoms with Crippen LogP contribution in [0.2, 0.25) is 10.0 Å². The number of hydrogen-bond donors (Lipinski definition) is 1. The fraction of sp³-hybridized carbons (Fsp3) is 0.435. The zero-order valence-electron chi connectivity index (χ0n) is 17.6. The van der Waals surface area contributed by atoms with Gasteiger partial charge in [0.15, 0.2) is 11.5 Å². The summed E-state index contributed by atoms with van der Waals surface area (Å²) in [6, 6.07) is 8.03. The smallest absolute Gasteiger partial charge is 0.222 e. The summed E-state index contributed by atoms with van der Waals surface area (Å²) in [5.74, 6) is 0.797. The molecule has 1 fully saturated rings. The van der Waals surface area contributed by atoms with Crippen molar-refractivity contribution in [1.82, 2.24) is 10.2 Å². The SMILES string of the molecule is CCOc1cc(CNCCCN2CCCC2=O)c(Cl)cc1OCc1c(F)cccc1Cl. The lowest BCUT2D eigenvalue weighted by Crippen LogP contribution is -2.28. The Kier molecular flexibility index (Phi) is 8.81. The predicted octanol–water partition coefficient (Wildman–Crippen LogP) is 5.21. The van der Waals surface area contributed by atoms with Gasteiger partial charge >= 0.3 is 0 Å². The molecule has 0 spiro atoms. The van der Waals surface area contributed by atoms with Crippen molar-refractivity contribution < 1.29 is 18.7 Å². The first-order chi connectivity index (χ1) is 15.0. The molecule has 31 heavy (non-hydrogen) atoms. The van der Waals surface area contributed by atoms with E-state index in [2.05, 4.69) is 5.32 Å². The highest BCUT2D eigenvalue weighted by Crippen LogP contribution is 2.35. The molecule has 0 radical (unpaired) electrons. The Bertz CT molecular complexity index is 890. The molecule has 1 aliphatic rings. The van der Waals surface area contributed by atoms with Gasteiger partial charge in [0.25, 0.3) is 0 Å². The van der Waals surface area contributed by atoms with Gasteiger partial charge in [0, 0.05) is 42.7 Å². The van der Waals surface area contributed by atoms with Gasteiger partial charge in [-0.3, -0.25) is 4.79 Å². The third-order valence-corrected chi connectivity index (χ3v) is 5.82. The van der Waals surface area contributed by atoms with Crippen molar-refractivity contribution in [2.45, 2.75) is 39.3 Å². The average Bonchev–Trinajstić information content (AvgIpc) is 3.15. The lowest BCUT2D eigenvalue weighted by molar-refractivity contribution is -0.127. The maximum absolute atomic E-state index is 14.0. The average molecular weight is 469 g/mol. The lowest BCUT2D eigenvalue weighted by atomic mass is 10.2. The quantitative estimate of drug-likeness (QED) is 0.459. The Labute approximate surface area is 192 Å². The molecule has 1 amide bonds. The maximum atomic E-state index is 14.0. The zero-order chi connectivity index (χ0) is 22.2. The Morgan fingerprint density at radius 1 is 1.16 bits per heavy atom. The number of hydrogen-bond acceptors (Lipinski definition) is 4. The monoisotopic (exact) mass is 468 g/mol. The van der Waals surface area contributed by atoms with Gasteiger partial charge in [0.2, 0.25) is 5.91 Å². The molecule has 0 aromatic heterocycles. The van der Waals surface area contributed by atoms with E-state index in [1.807, 2.05) is 17.9 Å². The Balaban J connectivity index is 1.58. The second-order valence-corrected chi connectivity index (χ2v) is 8.14. The predicted molar refractivity (Wildman–Crippen MR) is 121 cm³/mol. The number of amides is 1. The molecule has 1 N–H and O–H groups in total. The number of carbonyl (C=O) groups excluding carboxylic acids is 1. The van der Waals surface area contributed by atoms with Gasteiger partial charge in [-0.15, -0.1) is 0 Å². The minimum absolute atomic E-state index is 0.0330. The summed E-state index contributed by atoms with van der Waals surface area (Å²) in [4.78, 5) is 13.6. The molecule has 0 unspecified atom stereocenters. The summed E-state index contributed by atoms with van der Waals surface area (Å²) in [6.45, 7) is 5.27. The fourth-order valence-electron chi connectivity index (χ4n) is 3.47. The van der Waals surface area contributed by atoms with Crippen molar-refractivity contribution >= 4 is 29.1 Å². The van der Waals surface area contributed by atoms with Gasteiger partial charge in [-0.25, -0.2) is 4.39 Å². The van der Waals surface area contributed by atoms with Crippen molar-refractivity contribution in [1.29, 1.82) is 0 Å². The van der Waals surface area contributed by atoms with Gasteiger partial charge in [-0.05, 0) is 50.1 Å². The van der Waals surface area contributed by atoms with Gasteiger partial charge in [0.05, 0.1) is 11.6 Å². The number of likely N-dealkylation sites (tertiary alicyclic amines) is 1. The topological polar surface area (TPSA) is 50.8 Å². The van der Waals surface area contributed by atoms with E-state index >= 15 is 0 Å². The van der Waals surface area contributed by atoms with E-state index in [1.54, 1.807) is 18.2 Å². The van der Waals surface area contributed by atoms with Crippen molar-refractivity contribution in [2.75, 3.05) is 26.2 Å². The maximum Gasteiger partial charge on any atom is 0.222 e. The van der Waals surface area contributed by atoms with Gasteiger partial charge < -0.3 is 19.7 Å². The molecule has 0 saturated carbocycles. The second-order valence-electron chi connectivity index (χ2n) is 7.33. The summed E-state index contributed by atoms with van der Waals surface area (Å²) in [5.41, 5.74) is 1.16. The molecule has 1 saturated heterocycles. The Hall–Kier alpha value is -2.02. The van der Waals surface area contributed by atoms with E-state index in [0.717, 1.165) is 38.0 Å². The third-order valence-electron chi connectivity index (χ3n) is 5.11. The summed E-state index contributed by atoms with van der Waals surface area (Å²) < 4.78 is 25.5. The molecule has 0 aliphatic carbocycles. The van der Waals surface area contributed by atoms with Crippen LogP contribution in [0, 0.1) is 5.82 Å². The molecule has 2 aromatic rings. The van der Waals surface area contributed by atoms with Gasteiger partial charge in [0.1, 0.15) is 12.4 Å². The Morgan fingerprint density at radius 3 is 2.68 bits per heavy atom. The highest BCUT2D eigenvalue weighted by Gasteiger charge is 2.19. The van der Waals surface area contributed by atoms with Crippen molar-refractivity contribution in [3.05, 3.63) is 57.3 Å². The van der Waals surface area contributed by atoms with Crippen LogP contribution in [0.15, 0.2) is 30.3 Å². The van der Waals surface area contributed by atoms with Crippen molar-refractivity contribution in [3.63, 3.8) is 0 Å². The van der Waals surface area contributed by atoms with Crippen molar-refractivity contribution in [3.8, 4) is 11.5 Å². The molecule has 1 aliphatic heterocycles. The number of halogens is 3. The zero-order valence-corrected chi connectivity index (χ0v) is 19.1. The van der Waals surface area contributed by atoms with Gasteiger partial charge in [-0.1, -0.05) is 29.3 Å². The van der Waals surface area contributed by atoms with E-state index in [9.17, 15) is 9.18 Å². The van der Waals surface area contributed by atoms with E-state index < -0.39 is 5.82 Å². The summed E-state index contributed by atoms with van der Waals surface area (Å²) >= 11 is 12.5. The lowest BCUT2D eigenvalue weighted by Gasteiger charge is -2.17. The number of carbonyl (C=O) groups is 1. The standard InChI is InChI=1S/C23H27Cl2FN2O3/c1-2-30-21-12-16(14-27-9-5-11-28-10-4-8-23(28)29)19(25)13-22(21)31-15-17-18(24)6-3-7-20(17)26/h3,6-7,12-13,27H,2,4-5,8-11,14-15H2,1H3. The normalized spacial score (nSPS) is 13.7. The van der Waals surface area contributed by atoms with Crippen LogP contribution in [0.3, 0.4) is 0 Å². The van der Waals surface area contributed by atoms with Crippen LogP contribution in [-0.4, -0.2) is 37.0 Å². The van der Waals surface area contributed by atoms with E-state index in [1.165, 1.54) is 6.07 Å². The first kappa shape index (κ1) is 23.6. The van der Waals surface area contributed by atoms with Gasteiger partial charge in [-0.2, -0.15) is 0 Å². The fourth-order valence-corrected chi connectivity index (χ4v) is 3.91. The molecule has 8 heteroatoms. The van der Waals surface area contributed by atoms with Crippen LogP contribution >= 0.6 is 23.2 Å². The number of rotatable bonds is 11. The largest absolute Gasteiger partial charge is 0.490 e. The molecule has 168 valence electrons.